The molecule has 34 heavy (non-hydrogen) atoms. The molecule has 4 N–H and O–H groups in total. The summed E-state index contributed by atoms with van der Waals surface area (Å²) >= 11 is 0. The van der Waals surface area contributed by atoms with E-state index in [1.54, 1.807) is 30.3 Å². The molecule has 0 aliphatic rings. The number of benzene rings is 4. The molecule has 0 saturated carbocycles. The Morgan fingerprint density at radius 1 is 0.706 bits per heavy atom. The third-order valence-corrected chi connectivity index (χ3v) is 6.52. The Morgan fingerprint density at radius 2 is 1.32 bits per heavy atom. The number of rotatable bonds is 4. The van der Waals surface area contributed by atoms with Gasteiger partial charge in [0.25, 0.3) is 20.2 Å². The van der Waals surface area contributed by atoms with Gasteiger partial charge in [-0.2, -0.15) is 16.8 Å². The summed E-state index contributed by atoms with van der Waals surface area (Å²) in [5, 5.41) is 28.9. The fraction of sp³-hybridized carbons (Fsp3) is 0. The van der Waals surface area contributed by atoms with E-state index in [0.29, 0.717) is 10.8 Å². The maximum absolute atomic E-state index is 11.9. The van der Waals surface area contributed by atoms with E-state index < -0.39 is 46.9 Å². The van der Waals surface area contributed by atoms with Gasteiger partial charge in [-0.15, -0.1) is 10.2 Å². The van der Waals surface area contributed by atoms with Crippen molar-refractivity contribution in [2.75, 3.05) is 0 Å². The van der Waals surface area contributed by atoms with Gasteiger partial charge in [0.2, 0.25) is 0 Å². The van der Waals surface area contributed by atoms with Crippen molar-refractivity contribution < 1.29 is 83.1 Å². The second kappa shape index (κ2) is 10.3. The molecule has 0 aromatic heterocycles. The number of phenolic OH excluding ortho intramolecular Hbond substituents is 2. The Bertz CT molecular complexity index is 1660. The zero-order chi connectivity index (χ0) is 23.3. The first-order valence-corrected chi connectivity index (χ1v) is 11.7. The van der Waals surface area contributed by atoms with Crippen LogP contribution in [0.25, 0.3) is 21.5 Å². The van der Waals surface area contributed by atoms with E-state index in [1.165, 1.54) is 6.07 Å². The summed E-state index contributed by atoms with van der Waals surface area (Å²) in [6.07, 6.45) is 0. The smallest absolute Gasteiger partial charge is 0.506 e. The molecule has 4 aromatic carbocycles. The quantitative estimate of drug-likeness (QED) is 0.168. The number of azo groups is 1. The van der Waals surface area contributed by atoms with Gasteiger partial charge in [-0.05, 0) is 23.6 Å². The topological polar surface area (TPSA) is 174 Å². The average molecular weight is 549 g/mol. The third kappa shape index (κ3) is 5.28. The van der Waals surface area contributed by atoms with E-state index in [9.17, 15) is 36.2 Å². The number of phenols is 2. The Kier molecular flexibility index (Phi) is 8.53. The van der Waals surface area contributed by atoms with Crippen molar-refractivity contribution in [2.45, 2.75) is 9.79 Å². The SMILES string of the molecule is O=S(=O)(O)c1cc(N=Nc2c(O)ccc3ccccc23)c(O)c2c(S(=O)(=O)O)cccc12.[Cr].[Na+]. The van der Waals surface area contributed by atoms with Crippen molar-refractivity contribution >= 4 is 53.2 Å². The number of hydrogen-bond acceptors (Lipinski definition) is 8. The third-order valence-electron chi connectivity index (χ3n) is 4.73. The van der Waals surface area contributed by atoms with Crippen LogP contribution in [0.4, 0.5) is 11.4 Å². The largest absolute Gasteiger partial charge is 1.00 e. The molecule has 170 valence electrons. The Morgan fingerprint density at radius 3 is 1.97 bits per heavy atom. The molecule has 0 fully saturated rings. The summed E-state index contributed by atoms with van der Waals surface area (Å²) in [5.41, 5.74) is -0.507. The van der Waals surface area contributed by atoms with Gasteiger partial charge in [-0.3, -0.25) is 9.11 Å². The van der Waals surface area contributed by atoms with Crippen molar-refractivity contribution in [1.82, 2.24) is 0 Å². The summed E-state index contributed by atoms with van der Waals surface area (Å²) in [6, 6.07) is 13.9. The summed E-state index contributed by atoms with van der Waals surface area (Å²) < 4.78 is 66.6. The van der Waals surface area contributed by atoms with Gasteiger partial charge in [0.1, 0.15) is 26.9 Å². The van der Waals surface area contributed by atoms with Crippen molar-refractivity contribution in [3.05, 3.63) is 60.7 Å². The minimum Gasteiger partial charge on any atom is -0.506 e. The molecule has 0 radical (unpaired) electrons. The van der Waals surface area contributed by atoms with Crippen LogP contribution in [0.3, 0.4) is 0 Å². The van der Waals surface area contributed by atoms with Gasteiger partial charge in [-0.1, -0.05) is 42.5 Å². The molecule has 0 saturated heterocycles. The first-order valence-electron chi connectivity index (χ1n) is 8.84. The van der Waals surface area contributed by atoms with Crippen LogP contribution in [0.15, 0.2) is 80.7 Å². The predicted molar refractivity (Wildman–Crippen MR) is 115 cm³/mol. The zero-order valence-corrected chi connectivity index (χ0v) is 22.2. The van der Waals surface area contributed by atoms with Crippen LogP contribution in [0, 0.1) is 0 Å². The molecule has 14 heteroatoms. The normalized spacial score (nSPS) is 11.9. The summed E-state index contributed by atoms with van der Waals surface area (Å²) in [5.74, 6) is -1.05. The molecule has 0 spiro atoms. The second-order valence-electron chi connectivity index (χ2n) is 6.73. The predicted octanol–water partition coefficient (Wildman–Crippen LogP) is 1.31. The van der Waals surface area contributed by atoms with E-state index in [-0.39, 0.29) is 63.7 Å². The molecular formula is C20H14CrN2NaO8S2+. The van der Waals surface area contributed by atoms with Crippen LogP contribution in [0.2, 0.25) is 0 Å². The summed E-state index contributed by atoms with van der Waals surface area (Å²) in [4.78, 5) is -1.55. The van der Waals surface area contributed by atoms with Gasteiger partial charge in [0.15, 0.2) is 5.75 Å². The molecule has 0 atom stereocenters. The Hall–Kier alpha value is -2.05. The van der Waals surface area contributed by atoms with Gasteiger partial charge >= 0.3 is 29.6 Å². The minimum absolute atomic E-state index is 0. The van der Waals surface area contributed by atoms with Crippen LogP contribution in [-0.2, 0) is 37.6 Å². The second-order valence-corrected chi connectivity index (χ2v) is 9.51. The van der Waals surface area contributed by atoms with Crippen LogP contribution in [0.1, 0.15) is 0 Å². The zero-order valence-electron chi connectivity index (χ0n) is 17.3. The molecule has 0 amide bonds. The number of hydrogen-bond donors (Lipinski definition) is 4. The fourth-order valence-corrected chi connectivity index (χ4v) is 4.76. The molecule has 0 heterocycles. The Labute approximate surface area is 226 Å². The fourth-order valence-electron chi connectivity index (χ4n) is 3.34. The maximum Gasteiger partial charge on any atom is 1.00 e. The first kappa shape index (κ1) is 28.2. The number of aromatic hydroxyl groups is 2. The van der Waals surface area contributed by atoms with Gasteiger partial charge in [0.05, 0.1) is 0 Å². The van der Waals surface area contributed by atoms with Crippen molar-refractivity contribution in [3.8, 4) is 11.5 Å². The molecule has 4 rings (SSSR count). The number of nitrogens with zero attached hydrogens (tertiary/aromatic N) is 2. The summed E-state index contributed by atoms with van der Waals surface area (Å²) in [7, 11) is -9.78. The minimum atomic E-state index is -4.90. The molecule has 0 unspecified atom stereocenters. The average Bonchev–Trinajstić information content (AvgIpc) is 2.72. The van der Waals surface area contributed by atoms with E-state index in [1.807, 2.05) is 0 Å². The van der Waals surface area contributed by atoms with Crippen LogP contribution < -0.4 is 29.6 Å². The van der Waals surface area contributed by atoms with Gasteiger partial charge < -0.3 is 10.2 Å². The maximum atomic E-state index is 11.9. The van der Waals surface area contributed by atoms with E-state index >= 15 is 0 Å². The van der Waals surface area contributed by atoms with E-state index in [4.69, 9.17) is 0 Å². The standard InChI is InChI=1S/C20H14N2O8S2.Cr.Na/c23-15-9-8-11-4-1-2-5-12(11)19(15)22-21-14-10-17(32(28,29)30)13-6-3-7-16(31(25,26)27)18(13)20(14)24;;/h1-10,23-24H,(H,25,26,27)(H,28,29,30);;/q;;+1. The van der Waals surface area contributed by atoms with Gasteiger partial charge in [0, 0.05) is 33.5 Å². The molecule has 0 bridgehead atoms. The van der Waals surface area contributed by atoms with Crippen LogP contribution >= 0.6 is 0 Å². The molecule has 4 aromatic rings. The first-order chi connectivity index (χ1) is 15.0. The monoisotopic (exact) mass is 549 g/mol. The number of fused-ring (bicyclic) bond motifs is 2. The van der Waals surface area contributed by atoms with Crippen LogP contribution in [0.5, 0.6) is 11.5 Å². The van der Waals surface area contributed by atoms with E-state index in [2.05, 4.69) is 10.2 Å². The van der Waals surface area contributed by atoms with Crippen molar-refractivity contribution in [3.63, 3.8) is 0 Å². The Balaban J connectivity index is 0.00000204. The van der Waals surface area contributed by atoms with Crippen LogP contribution in [-0.4, -0.2) is 36.2 Å². The molecule has 0 aliphatic carbocycles. The molecule has 10 nitrogen and oxygen atoms in total. The summed E-state index contributed by atoms with van der Waals surface area (Å²) in [6.45, 7) is 0. The van der Waals surface area contributed by atoms with Crippen molar-refractivity contribution in [1.29, 1.82) is 0 Å². The van der Waals surface area contributed by atoms with Gasteiger partial charge in [-0.25, -0.2) is 0 Å². The van der Waals surface area contributed by atoms with Crippen molar-refractivity contribution in [2.24, 2.45) is 10.2 Å². The van der Waals surface area contributed by atoms with E-state index in [0.717, 1.165) is 24.3 Å². The molecule has 0 aliphatic heterocycles. The molecular weight excluding hydrogens is 535 g/mol.